The first-order valence-corrected chi connectivity index (χ1v) is 5.13. The maximum absolute atomic E-state index is 5.85. The molecule has 5 heteroatoms. The van der Waals surface area contributed by atoms with Gasteiger partial charge in [-0.1, -0.05) is 12.1 Å². The van der Waals surface area contributed by atoms with E-state index in [9.17, 15) is 0 Å². The average molecular weight is 217 g/mol. The highest BCUT2D eigenvalue weighted by Crippen LogP contribution is 2.22. The number of nitrogen functional groups attached to an aromatic ring is 1. The van der Waals surface area contributed by atoms with E-state index in [1.54, 1.807) is 6.33 Å². The minimum Gasteiger partial charge on any atom is -0.397 e. The van der Waals surface area contributed by atoms with Crippen LogP contribution in [0.4, 0.5) is 11.4 Å². The van der Waals surface area contributed by atoms with Gasteiger partial charge in [0.25, 0.3) is 0 Å². The molecule has 0 bridgehead atoms. The Labute approximate surface area is 94.3 Å². The van der Waals surface area contributed by atoms with E-state index < -0.39 is 0 Å². The van der Waals surface area contributed by atoms with Gasteiger partial charge in [0, 0.05) is 7.05 Å². The number of hydrogen-bond acceptors (Lipinski definition) is 4. The van der Waals surface area contributed by atoms with Gasteiger partial charge in [-0.15, -0.1) is 10.2 Å². The second-order valence-corrected chi connectivity index (χ2v) is 3.75. The fraction of sp³-hybridized carbons (Fsp3) is 0.273. The maximum Gasteiger partial charge on any atom is 0.154 e. The molecule has 0 aliphatic rings. The van der Waals surface area contributed by atoms with E-state index in [1.807, 2.05) is 42.8 Å². The smallest absolute Gasteiger partial charge is 0.154 e. The third-order valence-corrected chi connectivity index (χ3v) is 2.47. The Morgan fingerprint density at radius 1 is 1.38 bits per heavy atom. The van der Waals surface area contributed by atoms with Crippen LogP contribution in [0.25, 0.3) is 0 Å². The van der Waals surface area contributed by atoms with Crippen LogP contribution in [0, 0.1) is 0 Å². The van der Waals surface area contributed by atoms with E-state index >= 15 is 0 Å². The predicted octanol–water partition coefficient (Wildman–Crippen LogP) is 1.57. The minimum absolute atomic E-state index is 0.0669. The number of nitrogens with one attached hydrogen (secondary N) is 1. The fourth-order valence-corrected chi connectivity index (χ4v) is 1.61. The Balaban J connectivity index is 2.17. The largest absolute Gasteiger partial charge is 0.397 e. The third kappa shape index (κ3) is 1.98. The molecule has 5 nitrogen and oxygen atoms in total. The van der Waals surface area contributed by atoms with Crippen LogP contribution in [0.1, 0.15) is 18.8 Å². The van der Waals surface area contributed by atoms with Gasteiger partial charge in [0.1, 0.15) is 6.33 Å². The topological polar surface area (TPSA) is 68.8 Å². The van der Waals surface area contributed by atoms with Crippen molar-refractivity contribution < 1.29 is 0 Å². The minimum atomic E-state index is 0.0669. The summed E-state index contributed by atoms with van der Waals surface area (Å²) in [5.41, 5.74) is 7.50. The van der Waals surface area contributed by atoms with Crippen LogP contribution < -0.4 is 11.1 Å². The summed E-state index contributed by atoms with van der Waals surface area (Å²) in [4.78, 5) is 0. The van der Waals surface area contributed by atoms with Crippen molar-refractivity contribution in [1.82, 2.24) is 14.8 Å². The maximum atomic E-state index is 5.85. The third-order valence-electron chi connectivity index (χ3n) is 2.47. The van der Waals surface area contributed by atoms with Crippen molar-refractivity contribution in [3.63, 3.8) is 0 Å². The molecule has 1 aromatic heterocycles. The molecule has 1 aromatic carbocycles. The zero-order valence-corrected chi connectivity index (χ0v) is 9.38. The molecule has 0 radical (unpaired) electrons. The highest BCUT2D eigenvalue weighted by molar-refractivity contribution is 5.66. The molecule has 16 heavy (non-hydrogen) atoms. The number of para-hydroxylation sites is 2. The molecule has 0 amide bonds. The van der Waals surface area contributed by atoms with Gasteiger partial charge in [0.2, 0.25) is 0 Å². The molecule has 1 atom stereocenters. The van der Waals surface area contributed by atoms with Gasteiger partial charge < -0.3 is 15.6 Å². The monoisotopic (exact) mass is 217 g/mol. The van der Waals surface area contributed by atoms with E-state index in [0.29, 0.717) is 0 Å². The molecule has 2 rings (SSSR count). The Morgan fingerprint density at radius 2 is 2.12 bits per heavy atom. The molecule has 0 saturated carbocycles. The first kappa shape index (κ1) is 10.5. The molecule has 3 N–H and O–H groups in total. The van der Waals surface area contributed by atoms with Gasteiger partial charge in [0.05, 0.1) is 17.4 Å². The first-order valence-electron chi connectivity index (χ1n) is 5.13. The number of aryl methyl sites for hydroxylation is 1. The van der Waals surface area contributed by atoms with Crippen molar-refractivity contribution in [1.29, 1.82) is 0 Å². The quantitative estimate of drug-likeness (QED) is 0.766. The predicted molar refractivity (Wildman–Crippen MR) is 63.9 cm³/mol. The zero-order valence-electron chi connectivity index (χ0n) is 9.38. The average Bonchev–Trinajstić information content (AvgIpc) is 2.68. The van der Waals surface area contributed by atoms with Crippen molar-refractivity contribution in [2.75, 3.05) is 11.1 Å². The van der Waals surface area contributed by atoms with E-state index in [4.69, 9.17) is 5.73 Å². The summed E-state index contributed by atoms with van der Waals surface area (Å²) in [5, 5.41) is 11.2. The first-order chi connectivity index (χ1) is 7.68. The lowest BCUT2D eigenvalue weighted by Crippen LogP contribution is -2.12. The molecule has 0 aliphatic carbocycles. The van der Waals surface area contributed by atoms with Gasteiger partial charge in [-0.25, -0.2) is 0 Å². The van der Waals surface area contributed by atoms with Gasteiger partial charge in [-0.3, -0.25) is 0 Å². The van der Waals surface area contributed by atoms with Crippen molar-refractivity contribution in [3.8, 4) is 0 Å². The molecule has 0 saturated heterocycles. The number of nitrogens with zero attached hydrogens (tertiary/aromatic N) is 3. The molecular formula is C11H15N5. The number of nitrogens with two attached hydrogens (primary N) is 1. The second-order valence-electron chi connectivity index (χ2n) is 3.75. The standard InChI is InChI=1S/C11H15N5/c1-8(11-15-13-7-16(11)2)14-10-6-4-3-5-9(10)12/h3-8,14H,12H2,1-2H3. The van der Waals surface area contributed by atoms with Gasteiger partial charge in [0.15, 0.2) is 5.82 Å². The molecule has 0 spiro atoms. The Kier molecular flexibility index (Phi) is 2.76. The van der Waals surface area contributed by atoms with E-state index in [0.717, 1.165) is 17.2 Å². The SMILES string of the molecule is CC(Nc1ccccc1N)c1nncn1C. The summed E-state index contributed by atoms with van der Waals surface area (Å²) in [6.07, 6.45) is 1.68. The van der Waals surface area contributed by atoms with Crippen molar-refractivity contribution in [2.24, 2.45) is 7.05 Å². The van der Waals surface area contributed by atoms with Crippen LogP contribution in [0.15, 0.2) is 30.6 Å². The van der Waals surface area contributed by atoms with Crippen molar-refractivity contribution in [3.05, 3.63) is 36.4 Å². The molecule has 1 heterocycles. The van der Waals surface area contributed by atoms with Crippen LogP contribution >= 0.6 is 0 Å². The Morgan fingerprint density at radius 3 is 2.75 bits per heavy atom. The summed E-state index contributed by atoms with van der Waals surface area (Å²) in [7, 11) is 1.92. The number of benzene rings is 1. The highest BCUT2D eigenvalue weighted by Gasteiger charge is 2.11. The summed E-state index contributed by atoms with van der Waals surface area (Å²) < 4.78 is 1.89. The van der Waals surface area contributed by atoms with E-state index in [1.165, 1.54) is 0 Å². The molecule has 84 valence electrons. The fourth-order valence-electron chi connectivity index (χ4n) is 1.61. The lowest BCUT2D eigenvalue weighted by molar-refractivity contribution is 0.719. The number of aromatic nitrogens is 3. The van der Waals surface area contributed by atoms with E-state index in [-0.39, 0.29) is 6.04 Å². The summed E-state index contributed by atoms with van der Waals surface area (Å²) in [6, 6.07) is 7.74. The highest BCUT2D eigenvalue weighted by atomic mass is 15.3. The molecule has 2 aromatic rings. The van der Waals surface area contributed by atoms with Crippen LogP contribution in [0.5, 0.6) is 0 Å². The van der Waals surface area contributed by atoms with Gasteiger partial charge in [-0.2, -0.15) is 0 Å². The van der Waals surface area contributed by atoms with Crippen LogP contribution in [-0.4, -0.2) is 14.8 Å². The molecule has 0 aliphatic heterocycles. The Bertz CT molecular complexity index is 477. The molecular weight excluding hydrogens is 202 g/mol. The molecule has 1 unspecified atom stereocenters. The van der Waals surface area contributed by atoms with Crippen molar-refractivity contribution >= 4 is 11.4 Å². The van der Waals surface area contributed by atoms with E-state index in [2.05, 4.69) is 15.5 Å². The lowest BCUT2D eigenvalue weighted by atomic mass is 10.2. The van der Waals surface area contributed by atoms with Gasteiger partial charge in [-0.05, 0) is 19.1 Å². The van der Waals surface area contributed by atoms with Crippen LogP contribution in [0.3, 0.4) is 0 Å². The lowest BCUT2D eigenvalue weighted by Gasteiger charge is -2.15. The number of anilines is 2. The summed E-state index contributed by atoms with van der Waals surface area (Å²) in [6.45, 7) is 2.02. The van der Waals surface area contributed by atoms with Crippen molar-refractivity contribution in [2.45, 2.75) is 13.0 Å². The second kappa shape index (κ2) is 4.22. The zero-order chi connectivity index (χ0) is 11.5. The van der Waals surface area contributed by atoms with Crippen LogP contribution in [0.2, 0.25) is 0 Å². The van der Waals surface area contributed by atoms with Gasteiger partial charge >= 0.3 is 0 Å². The Hall–Kier alpha value is -2.04. The summed E-state index contributed by atoms with van der Waals surface area (Å²) >= 11 is 0. The van der Waals surface area contributed by atoms with Crippen LogP contribution in [-0.2, 0) is 7.05 Å². The summed E-state index contributed by atoms with van der Waals surface area (Å²) in [5.74, 6) is 0.878. The normalized spacial score (nSPS) is 12.4. The molecule has 0 fully saturated rings. The number of hydrogen-bond donors (Lipinski definition) is 2. The number of rotatable bonds is 3.